The minimum atomic E-state index is -4.36. The zero-order valence-corrected chi connectivity index (χ0v) is 7.38. The topological polar surface area (TPSA) is 52.0 Å². The largest absolute Gasteiger partial charge is 0.302 e. The van der Waals surface area contributed by atoms with Gasteiger partial charge in [-0.25, -0.2) is 0 Å². The maximum Gasteiger partial charge on any atom is 0.302 e. The molecular weight excluding hydrogens is 183 g/mol. The highest BCUT2D eigenvalue weighted by Crippen LogP contribution is 1.99. The van der Waals surface area contributed by atoms with Crippen LogP contribution in [0.3, 0.4) is 0 Å². The molecule has 0 aliphatic carbocycles. The first-order valence-corrected chi connectivity index (χ1v) is 4.93. The Kier molecular flexibility index (Phi) is 2.46. The van der Waals surface area contributed by atoms with Crippen molar-refractivity contribution >= 4 is 10.2 Å². The van der Waals surface area contributed by atoms with Crippen molar-refractivity contribution in [1.29, 1.82) is 0 Å². The molecule has 0 bridgehead atoms. The van der Waals surface area contributed by atoms with Gasteiger partial charge >= 0.3 is 10.2 Å². The fraction of sp³-hybridized carbons (Fsp3) is 0.500. The monoisotopic (exact) mass is 192 g/mol. The molecule has 1 aromatic heterocycles. The summed E-state index contributed by atoms with van der Waals surface area (Å²) in [5, 5.41) is 3.90. The number of hydrogen-bond acceptors (Lipinski definition) is 3. The summed E-state index contributed by atoms with van der Waals surface area (Å²) < 4.78 is 33.8. The summed E-state index contributed by atoms with van der Waals surface area (Å²) in [6.07, 6.45) is 1.81. The number of aromatic nitrogens is 2. The van der Waals surface area contributed by atoms with Crippen LogP contribution in [0, 0.1) is 0 Å². The summed E-state index contributed by atoms with van der Waals surface area (Å²) in [5.41, 5.74) is 0.582. The summed E-state index contributed by atoms with van der Waals surface area (Å²) in [6, 6.07) is 1.66. The van der Waals surface area contributed by atoms with Gasteiger partial charge in [-0.05, 0) is 6.07 Å². The molecule has 0 fully saturated rings. The standard InChI is InChI=1S/C6H9FN2O2S/c1-9-4-2-6(8-9)3-5-12(7,10)11/h2,4H,3,5H2,1H3. The van der Waals surface area contributed by atoms with E-state index in [2.05, 4.69) is 5.10 Å². The van der Waals surface area contributed by atoms with Crippen LogP contribution in [0.15, 0.2) is 12.3 Å². The zero-order valence-electron chi connectivity index (χ0n) is 6.57. The van der Waals surface area contributed by atoms with E-state index in [1.807, 2.05) is 0 Å². The van der Waals surface area contributed by atoms with Crippen molar-refractivity contribution in [3.05, 3.63) is 18.0 Å². The van der Waals surface area contributed by atoms with Gasteiger partial charge in [0.25, 0.3) is 0 Å². The fourth-order valence-electron chi connectivity index (χ4n) is 0.823. The lowest BCUT2D eigenvalue weighted by Gasteiger charge is -1.91. The van der Waals surface area contributed by atoms with Gasteiger partial charge in [-0.1, -0.05) is 0 Å². The molecule has 0 spiro atoms. The molecule has 0 aliphatic rings. The summed E-state index contributed by atoms with van der Waals surface area (Å²) in [6.45, 7) is 0. The average Bonchev–Trinajstić information content (AvgIpc) is 2.30. The Morgan fingerprint density at radius 3 is 2.75 bits per heavy atom. The van der Waals surface area contributed by atoms with Gasteiger partial charge in [0.1, 0.15) is 0 Å². The maximum absolute atomic E-state index is 12.0. The van der Waals surface area contributed by atoms with E-state index in [0.717, 1.165) is 0 Å². The van der Waals surface area contributed by atoms with Crippen molar-refractivity contribution in [2.75, 3.05) is 5.75 Å². The molecule has 4 nitrogen and oxygen atoms in total. The smallest absolute Gasteiger partial charge is 0.276 e. The molecule has 0 saturated carbocycles. The molecule has 1 rings (SSSR count). The molecule has 12 heavy (non-hydrogen) atoms. The normalized spacial score (nSPS) is 11.8. The van der Waals surface area contributed by atoms with Crippen LogP contribution in [0.1, 0.15) is 5.69 Å². The second-order valence-corrected chi connectivity index (χ2v) is 3.96. The van der Waals surface area contributed by atoms with E-state index in [1.165, 1.54) is 0 Å². The predicted molar refractivity (Wildman–Crippen MR) is 41.8 cm³/mol. The second-order valence-electron chi connectivity index (χ2n) is 2.47. The Morgan fingerprint density at radius 2 is 2.33 bits per heavy atom. The minimum absolute atomic E-state index is 0.125. The van der Waals surface area contributed by atoms with E-state index in [-0.39, 0.29) is 6.42 Å². The van der Waals surface area contributed by atoms with Crippen LogP contribution in [-0.4, -0.2) is 24.0 Å². The van der Waals surface area contributed by atoms with Gasteiger partial charge in [-0.15, -0.1) is 3.89 Å². The summed E-state index contributed by atoms with van der Waals surface area (Å²) in [7, 11) is -2.65. The Morgan fingerprint density at radius 1 is 1.67 bits per heavy atom. The number of aryl methyl sites for hydroxylation is 2. The summed E-state index contributed by atoms with van der Waals surface area (Å²) in [4.78, 5) is 0. The van der Waals surface area contributed by atoms with Gasteiger partial charge in [0.15, 0.2) is 0 Å². The Bertz CT molecular complexity index is 357. The SMILES string of the molecule is Cn1ccc(CCS(=O)(=O)F)n1. The van der Waals surface area contributed by atoms with Gasteiger partial charge in [-0.3, -0.25) is 4.68 Å². The van der Waals surface area contributed by atoms with Crippen LogP contribution in [-0.2, 0) is 23.7 Å². The molecule has 6 heteroatoms. The molecule has 0 amide bonds. The lowest BCUT2D eigenvalue weighted by molar-refractivity contribution is 0.550. The predicted octanol–water partition coefficient (Wildman–Crippen LogP) is 0.262. The number of rotatable bonds is 3. The first-order valence-electron chi connectivity index (χ1n) is 3.38. The van der Waals surface area contributed by atoms with Crippen molar-refractivity contribution in [1.82, 2.24) is 9.78 Å². The van der Waals surface area contributed by atoms with E-state index in [4.69, 9.17) is 0 Å². The second kappa shape index (κ2) is 3.22. The Balaban J connectivity index is 2.55. The first kappa shape index (κ1) is 9.18. The molecule has 0 saturated heterocycles. The van der Waals surface area contributed by atoms with Crippen molar-refractivity contribution in [2.45, 2.75) is 6.42 Å². The highest BCUT2D eigenvalue weighted by Gasteiger charge is 2.08. The van der Waals surface area contributed by atoms with Gasteiger partial charge in [0.05, 0.1) is 11.4 Å². The van der Waals surface area contributed by atoms with Crippen LogP contribution in [0.5, 0.6) is 0 Å². The third-order valence-electron chi connectivity index (χ3n) is 1.37. The van der Waals surface area contributed by atoms with Gasteiger partial charge in [0.2, 0.25) is 0 Å². The Hall–Kier alpha value is -0.910. The first-order chi connectivity index (χ1) is 5.47. The van der Waals surface area contributed by atoms with Crippen molar-refractivity contribution in [3.8, 4) is 0 Å². The van der Waals surface area contributed by atoms with Gasteiger partial charge in [0, 0.05) is 19.7 Å². The molecule has 0 aromatic carbocycles. The van der Waals surface area contributed by atoms with Crippen LogP contribution in [0.2, 0.25) is 0 Å². The zero-order chi connectivity index (χ0) is 9.19. The van der Waals surface area contributed by atoms with Crippen LogP contribution < -0.4 is 0 Å². The van der Waals surface area contributed by atoms with E-state index in [0.29, 0.717) is 5.69 Å². The molecule has 1 aromatic rings. The van der Waals surface area contributed by atoms with Crippen LogP contribution in [0.25, 0.3) is 0 Å². The highest BCUT2D eigenvalue weighted by atomic mass is 32.3. The summed E-state index contributed by atoms with van der Waals surface area (Å²) >= 11 is 0. The summed E-state index contributed by atoms with van der Waals surface area (Å²) in [5.74, 6) is -0.496. The van der Waals surface area contributed by atoms with E-state index < -0.39 is 16.0 Å². The molecule has 0 N–H and O–H groups in total. The van der Waals surface area contributed by atoms with E-state index >= 15 is 0 Å². The van der Waals surface area contributed by atoms with E-state index in [9.17, 15) is 12.3 Å². The lowest BCUT2D eigenvalue weighted by atomic mass is 10.3. The lowest BCUT2D eigenvalue weighted by Crippen LogP contribution is -2.03. The number of halogens is 1. The molecule has 68 valence electrons. The van der Waals surface area contributed by atoms with Crippen LogP contribution >= 0.6 is 0 Å². The van der Waals surface area contributed by atoms with Crippen LogP contribution in [0.4, 0.5) is 3.89 Å². The van der Waals surface area contributed by atoms with Gasteiger partial charge < -0.3 is 0 Å². The number of nitrogens with zero attached hydrogens (tertiary/aromatic N) is 2. The molecule has 0 unspecified atom stereocenters. The van der Waals surface area contributed by atoms with E-state index in [1.54, 1.807) is 24.0 Å². The third kappa shape index (κ3) is 3.00. The van der Waals surface area contributed by atoms with Crippen molar-refractivity contribution in [3.63, 3.8) is 0 Å². The fourth-order valence-corrected chi connectivity index (χ4v) is 1.28. The molecule has 0 atom stereocenters. The van der Waals surface area contributed by atoms with Gasteiger partial charge in [-0.2, -0.15) is 13.5 Å². The molecule has 1 heterocycles. The molecular formula is C6H9FN2O2S. The minimum Gasteiger partial charge on any atom is -0.276 e. The van der Waals surface area contributed by atoms with Crippen molar-refractivity contribution < 1.29 is 12.3 Å². The number of hydrogen-bond donors (Lipinski definition) is 0. The molecule has 0 radical (unpaired) electrons. The highest BCUT2D eigenvalue weighted by molar-refractivity contribution is 7.86. The quantitative estimate of drug-likeness (QED) is 0.645. The van der Waals surface area contributed by atoms with Crippen molar-refractivity contribution in [2.24, 2.45) is 7.05 Å². The Labute approximate surface area is 70.2 Å². The third-order valence-corrected chi connectivity index (χ3v) is 2.06. The maximum atomic E-state index is 12.0. The average molecular weight is 192 g/mol. The molecule has 0 aliphatic heterocycles.